The van der Waals surface area contributed by atoms with Gasteiger partial charge >= 0.3 is 0 Å². The van der Waals surface area contributed by atoms with Gasteiger partial charge in [0, 0.05) is 5.69 Å². The zero-order chi connectivity index (χ0) is 12.8. The van der Waals surface area contributed by atoms with Crippen LogP contribution in [0.4, 0.5) is 10.1 Å². The zero-order valence-electron chi connectivity index (χ0n) is 10.8. The molecule has 1 saturated carbocycles. The van der Waals surface area contributed by atoms with Crippen LogP contribution in [0.5, 0.6) is 0 Å². The van der Waals surface area contributed by atoms with Crippen molar-refractivity contribution in [3.63, 3.8) is 0 Å². The van der Waals surface area contributed by atoms with Gasteiger partial charge in [0.05, 0.1) is 12.1 Å². The Labute approximate surface area is 108 Å². The molecule has 0 bridgehead atoms. The number of aliphatic hydroxyl groups is 1. The van der Waals surface area contributed by atoms with Crippen LogP contribution >= 0.6 is 0 Å². The van der Waals surface area contributed by atoms with E-state index in [0.29, 0.717) is 0 Å². The first-order valence-electron chi connectivity index (χ1n) is 6.89. The van der Waals surface area contributed by atoms with Crippen LogP contribution in [0.15, 0.2) is 24.3 Å². The maximum absolute atomic E-state index is 13.2. The summed E-state index contributed by atoms with van der Waals surface area (Å²) in [6, 6.07) is 6.50. The third-order valence-electron chi connectivity index (χ3n) is 3.85. The van der Waals surface area contributed by atoms with E-state index in [1.165, 1.54) is 31.4 Å². The molecule has 2 N–H and O–H groups in total. The molecule has 1 aromatic carbocycles. The van der Waals surface area contributed by atoms with Crippen molar-refractivity contribution >= 4 is 5.69 Å². The van der Waals surface area contributed by atoms with Crippen LogP contribution in [0.2, 0.25) is 0 Å². The Morgan fingerprint density at radius 1 is 1.11 bits per heavy atom. The molecule has 2 rings (SSSR count). The number of nitrogens with one attached hydrogen (secondary N) is 1. The normalized spacial score (nSPS) is 19.9. The molecule has 2 nitrogen and oxygen atoms in total. The largest absolute Gasteiger partial charge is 0.394 e. The molecule has 18 heavy (non-hydrogen) atoms. The number of hydrogen-bond donors (Lipinski definition) is 2. The molecule has 0 unspecified atom stereocenters. The highest BCUT2D eigenvalue weighted by molar-refractivity contribution is 5.45. The van der Waals surface area contributed by atoms with Crippen molar-refractivity contribution in [2.24, 2.45) is 0 Å². The Morgan fingerprint density at radius 2 is 1.78 bits per heavy atom. The molecule has 0 aromatic heterocycles. The number of anilines is 1. The minimum absolute atomic E-state index is 0.115. The first-order valence-corrected chi connectivity index (χ1v) is 6.89. The summed E-state index contributed by atoms with van der Waals surface area (Å²) < 4.78 is 13.2. The molecule has 1 aliphatic carbocycles. The van der Waals surface area contributed by atoms with Crippen LogP contribution in [0.1, 0.15) is 44.9 Å². The number of benzene rings is 1. The second-order valence-electron chi connectivity index (χ2n) is 5.34. The molecule has 0 spiro atoms. The predicted molar refractivity (Wildman–Crippen MR) is 72.2 cm³/mol. The van der Waals surface area contributed by atoms with Crippen molar-refractivity contribution < 1.29 is 9.50 Å². The van der Waals surface area contributed by atoms with Gasteiger partial charge in [0.1, 0.15) is 5.82 Å². The van der Waals surface area contributed by atoms with Crippen LogP contribution in [0.3, 0.4) is 0 Å². The van der Waals surface area contributed by atoms with Gasteiger partial charge in [-0.05, 0) is 31.0 Å². The lowest BCUT2D eigenvalue weighted by Gasteiger charge is -2.35. The maximum atomic E-state index is 13.2. The third kappa shape index (κ3) is 3.45. The Morgan fingerprint density at radius 3 is 2.39 bits per heavy atom. The van der Waals surface area contributed by atoms with Crippen molar-refractivity contribution in [3.8, 4) is 0 Å². The molecule has 0 aliphatic heterocycles. The van der Waals surface area contributed by atoms with Gasteiger partial charge in [0.15, 0.2) is 0 Å². The lowest BCUT2D eigenvalue weighted by molar-refractivity contribution is 0.182. The highest BCUT2D eigenvalue weighted by atomic mass is 19.1. The molecule has 100 valence electrons. The second kappa shape index (κ2) is 6.19. The number of rotatable bonds is 3. The van der Waals surface area contributed by atoms with E-state index >= 15 is 0 Å². The molecule has 0 saturated heterocycles. The Balaban J connectivity index is 2.10. The van der Waals surface area contributed by atoms with E-state index in [9.17, 15) is 9.50 Å². The number of hydrogen-bond acceptors (Lipinski definition) is 2. The van der Waals surface area contributed by atoms with E-state index in [-0.39, 0.29) is 18.0 Å². The third-order valence-corrected chi connectivity index (χ3v) is 3.85. The summed E-state index contributed by atoms with van der Waals surface area (Å²) in [4.78, 5) is 0. The van der Waals surface area contributed by atoms with Crippen LogP contribution in [0, 0.1) is 5.82 Å². The summed E-state index contributed by atoms with van der Waals surface area (Å²) in [6.07, 6.45) is 7.92. The van der Waals surface area contributed by atoms with Gasteiger partial charge in [-0.3, -0.25) is 0 Å². The van der Waals surface area contributed by atoms with E-state index in [2.05, 4.69) is 5.32 Å². The fourth-order valence-electron chi connectivity index (χ4n) is 2.78. The van der Waals surface area contributed by atoms with Gasteiger partial charge < -0.3 is 10.4 Å². The van der Waals surface area contributed by atoms with Gasteiger partial charge in [-0.2, -0.15) is 0 Å². The first kappa shape index (κ1) is 13.3. The molecule has 0 atom stereocenters. The Hall–Kier alpha value is -1.09. The fourth-order valence-corrected chi connectivity index (χ4v) is 2.78. The Kier molecular flexibility index (Phi) is 4.59. The zero-order valence-corrected chi connectivity index (χ0v) is 10.8. The lowest BCUT2D eigenvalue weighted by Crippen LogP contribution is -2.42. The van der Waals surface area contributed by atoms with Gasteiger partial charge in [-0.15, -0.1) is 0 Å². The average molecular weight is 251 g/mol. The summed E-state index contributed by atoms with van der Waals surface area (Å²) in [5.41, 5.74) is 0.499. The van der Waals surface area contributed by atoms with Crippen molar-refractivity contribution in [2.45, 2.75) is 50.5 Å². The van der Waals surface area contributed by atoms with Crippen LogP contribution in [0.25, 0.3) is 0 Å². The van der Waals surface area contributed by atoms with E-state index < -0.39 is 0 Å². The highest BCUT2D eigenvalue weighted by Crippen LogP contribution is 2.29. The molecule has 3 heteroatoms. The second-order valence-corrected chi connectivity index (χ2v) is 5.34. The van der Waals surface area contributed by atoms with Gasteiger partial charge in [0.2, 0.25) is 0 Å². The summed E-state index contributed by atoms with van der Waals surface area (Å²) in [5.74, 6) is -0.237. The Bertz CT molecular complexity index is 373. The molecule has 1 aromatic rings. The van der Waals surface area contributed by atoms with E-state index in [4.69, 9.17) is 0 Å². The van der Waals surface area contributed by atoms with Crippen molar-refractivity contribution in [2.75, 3.05) is 11.9 Å². The van der Waals surface area contributed by atoms with E-state index in [0.717, 1.165) is 31.4 Å². The molecule has 0 heterocycles. The molecule has 0 radical (unpaired) electrons. The standard InChI is InChI=1S/C15H22FNO/c16-13-7-6-8-14(11-13)17-15(12-18)9-4-2-1-3-5-10-15/h6-8,11,17-18H,1-5,9-10,12H2. The van der Waals surface area contributed by atoms with Crippen molar-refractivity contribution in [1.29, 1.82) is 0 Å². The highest BCUT2D eigenvalue weighted by Gasteiger charge is 2.29. The summed E-state index contributed by atoms with van der Waals surface area (Å²) >= 11 is 0. The molecular weight excluding hydrogens is 229 g/mol. The van der Waals surface area contributed by atoms with Crippen molar-refractivity contribution in [3.05, 3.63) is 30.1 Å². The van der Waals surface area contributed by atoms with Gasteiger partial charge in [0.25, 0.3) is 0 Å². The first-order chi connectivity index (χ1) is 8.74. The summed E-state index contributed by atoms with van der Waals surface area (Å²) in [7, 11) is 0. The molecule has 1 fully saturated rings. The van der Waals surface area contributed by atoms with Gasteiger partial charge in [-0.25, -0.2) is 4.39 Å². The van der Waals surface area contributed by atoms with Crippen LogP contribution in [-0.4, -0.2) is 17.3 Å². The fraction of sp³-hybridized carbons (Fsp3) is 0.600. The summed E-state index contributed by atoms with van der Waals surface area (Å²) in [5, 5.41) is 13.1. The molecular formula is C15H22FNO. The molecule has 1 aliphatic rings. The quantitative estimate of drug-likeness (QED) is 0.858. The van der Waals surface area contributed by atoms with Crippen LogP contribution in [-0.2, 0) is 0 Å². The number of halogens is 1. The predicted octanol–water partition coefficient (Wildman–Crippen LogP) is 3.71. The molecule has 0 amide bonds. The summed E-state index contributed by atoms with van der Waals surface area (Å²) in [6.45, 7) is 0.115. The monoisotopic (exact) mass is 251 g/mol. The lowest BCUT2D eigenvalue weighted by atomic mass is 9.84. The topological polar surface area (TPSA) is 32.3 Å². The number of aliphatic hydroxyl groups excluding tert-OH is 1. The minimum atomic E-state index is -0.270. The van der Waals surface area contributed by atoms with E-state index in [1.807, 2.05) is 6.07 Å². The maximum Gasteiger partial charge on any atom is 0.125 e. The minimum Gasteiger partial charge on any atom is -0.394 e. The van der Waals surface area contributed by atoms with Gasteiger partial charge in [-0.1, -0.05) is 38.2 Å². The SMILES string of the molecule is OCC1(Nc2cccc(F)c2)CCCCCCC1. The van der Waals surface area contributed by atoms with Crippen LogP contribution < -0.4 is 5.32 Å². The average Bonchev–Trinajstić information content (AvgIpc) is 2.33. The van der Waals surface area contributed by atoms with Crippen molar-refractivity contribution in [1.82, 2.24) is 0 Å². The van der Waals surface area contributed by atoms with E-state index in [1.54, 1.807) is 6.07 Å². The smallest absolute Gasteiger partial charge is 0.125 e.